The Kier molecular flexibility index (Phi) is 8.49. The van der Waals surface area contributed by atoms with Gasteiger partial charge < -0.3 is 0 Å². The van der Waals surface area contributed by atoms with E-state index in [1.165, 1.54) is 22.2 Å². The Morgan fingerprint density at radius 2 is 1.41 bits per heavy atom. The van der Waals surface area contributed by atoms with Crippen molar-refractivity contribution < 1.29 is 28.9 Å². The molecule has 0 atom stereocenters. The summed E-state index contributed by atoms with van der Waals surface area (Å²) in [5.74, 6) is 3.56. The predicted molar refractivity (Wildman–Crippen MR) is 63.9 cm³/mol. The van der Waals surface area contributed by atoms with E-state index in [1.54, 1.807) is 0 Å². The Bertz CT molecular complexity index is 243. The monoisotopic (exact) mass is 318 g/mol. The van der Waals surface area contributed by atoms with Crippen LogP contribution in [0.15, 0.2) is 4.91 Å². The molecule has 0 aromatic heterocycles. The molecule has 8 heteroatoms. The third-order valence-electron chi connectivity index (χ3n) is 1.50. The summed E-state index contributed by atoms with van der Waals surface area (Å²) in [4.78, 5) is 1.48. The van der Waals surface area contributed by atoms with Crippen molar-refractivity contribution in [3.8, 4) is 0 Å². The lowest BCUT2D eigenvalue weighted by Gasteiger charge is -2.17. The minimum atomic E-state index is -4.94. The summed E-state index contributed by atoms with van der Waals surface area (Å²) in [6, 6.07) is 0. The number of hydrogen-bond acceptors (Lipinski definition) is 7. The summed E-state index contributed by atoms with van der Waals surface area (Å²) in [5, 5.41) is 0. The van der Waals surface area contributed by atoms with Crippen molar-refractivity contribution in [1.29, 1.82) is 0 Å². The second kappa shape index (κ2) is 8.09. The Morgan fingerprint density at radius 1 is 1.00 bits per heavy atom. The molecule has 4 nitrogen and oxygen atoms in total. The standard InChI is InChI=1S/C9H15S3.ClHO4/c1-4-10-8-7-9(8,11-5-2)12-6-3;2-1(3,4)5/h4-6H2,1-3H3;(H,2,3,4,5)/q+1;/p-1. The van der Waals surface area contributed by atoms with Crippen molar-refractivity contribution in [1.82, 2.24) is 0 Å². The molecule has 0 saturated heterocycles. The first-order valence-corrected chi connectivity index (χ1v) is 9.16. The minimum absolute atomic E-state index is 0.282. The van der Waals surface area contributed by atoms with E-state index in [0.717, 1.165) is 0 Å². The average molecular weight is 319 g/mol. The zero-order chi connectivity index (χ0) is 13.5. The van der Waals surface area contributed by atoms with Gasteiger partial charge in [-0.3, -0.25) is 0 Å². The van der Waals surface area contributed by atoms with Gasteiger partial charge in [0.25, 0.3) is 6.08 Å². The van der Waals surface area contributed by atoms with Gasteiger partial charge in [0.1, 0.15) is 0 Å². The van der Waals surface area contributed by atoms with Gasteiger partial charge in [0, 0.05) is 0 Å². The molecule has 1 aliphatic rings. The van der Waals surface area contributed by atoms with E-state index in [9.17, 15) is 0 Å². The van der Waals surface area contributed by atoms with Crippen molar-refractivity contribution in [3.63, 3.8) is 0 Å². The van der Waals surface area contributed by atoms with Crippen LogP contribution in [0.25, 0.3) is 0 Å². The highest BCUT2D eigenvalue weighted by Crippen LogP contribution is 2.58. The van der Waals surface area contributed by atoms with E-state index in [0.29, 0.717) is 0 Å². The summed E-state index contributed by atoms with van der Waals surface area (Å²) in [6.07, 6.45) is 3.49. The van der Waals surface area contributed by atoms with Crippen LogP contribution in [0.4, 0.5) is 0 Å². The molecule has 0 amide bonds. The third-order valence-corrected chi connectivity index (χ3v) is 5.45. The fourth-order valence-electron chi connectivity index (χ4n) is 1.05. The van der Waals surface area contributed by atoms with Gasteiger partial charge in [0.15, 0.2) is 0 Å². The second-order valence-corrected chi connectivity index (χ2v) is 7.99. The molecule has 0 aromatic rings. The topological polar surface area (TPSA) is 92.2 Å². The van der Waals surface area contributed by atoms with E-state index in [2.05, 4.69) is 26.8 Å². The van der Waals surface area contributed by atoms with E-state index < -0.39 is 10.2 Å². The Labute approximate surface area is 117 Å². The summed E-state index contributed by atoms with van der Waals surface area (Å²) in [5.41, 5.74) is 0. The van der Waals surface area contributed by atoms with Crippen molar-refractivity contribution in [2.45, 2.75) is 24.9 Å². The van der Waals surface area contributed by atoms with E-state index >= 15 is 0 Å². The first-order chi connectivity index (χ1) is 7.79. The molecule has 0 spiro atoms. The summed E-state index contributed by atoms with van der Waals surface area (Å²) < 4.78 is 34.3. The van der Waals surface area contributed by atoms with Crippen LogP contribution in [0.1, 0.15) is 20.8 Å². The molecular formula is C9H15ClO4S3. The van der Waals surface area contributed by atoms with Crippen LogP contribution >= 0.6 is 35.3 Å². The zero-order valence-corrected chi connectivity index (χ0v) is 13.1. The molecule has 0 aliphatic heterocycles. The maximum absolute atomic E-state index is 8.49. The van der Waals surface area contributed by atoms with Gasteiger partial charge in [-0.15, -0.1) is 10.2 Å². The quantitative estimate of drug-likeness (QED) is 0.453. The number of thioether (sulfide) groups is 3. The number of rotatable bonds is 6. The van der Waals surface area contributed by atoms with Crippen LogP contribution in [-0.2, 0) is 0 Å². The smallest absolute Gasteiger partial charge is 0.222 e. The van der Waals surface area contributed by atoms with Crippen LogP contribution in [0.2, 0.25) is 0 Å². The molecule has 0 fully saturated rings. The molecule has 0 unspecified atom stereocenters. The number of halogens is 1. The van der Waals surface area contributed by atoms with Crippen molar-refractivity contribution in [2.75, 3.05) is 17.3 Å². The van der Waals surface area contributed by atoms with Gasteiger partial charge in [-0.2, -0.15) is 0 Å². The minimum Gasteiger partial charge on any atom is -0.222 e. The molecular weight excluding hydrogens is 304 g/mol. The maximum Gasteiger partial charge on any atom is 0.356 e. The van der Waals surface area contributed by atoms with Crippen LogP contribution in [0, 0.1) is 16.3 Å². The van der Waals surface area contributed by atoms with Crippen LogP contribution < -0.4 is 18.6 Å². The van der Waals surface area contributed by atoms with E-state index in [4.69, 9.17) is 18.6 Å². The molecule has 0 bridgehead atoms. The third kappa shape index (κ3) is 8.53. The van der Waals surface area contributed by atoms with Crippen molar-refractivity contribution >= 4 is 35.3 Å². The van der Waals surface area contributed by atoms with Crippen LogP contribution in [0.3, 0.4) is 0 Å². The fourth-order valence-corrected chi connectivity index (χ4v) is 5.05. The van der Waals surface area contributed by atoms with Gasteiger partial charge in [-0.05, 0) is 17.3 Å². The summed E-state index contributed by atoms with van der Waals surface area (Å²) in [7, 11) is -4.94. The average Bonchev–Trinajstić information content (AvgIpc) is 2.77. The highest BCUT2D eigenvalue weighted by Gasteiger charge is 2.65. The number of hydrogen-bond donors (Lipinski definition) is 0. The largest absolute Gasteiger partial charge is 0.356 e. The maximum atomic E-state index is 8.49. The van der Waals surface area contributed by atoms with Gasteiger partial charge in [-0.1, -0.05) is 56.1 Å². The summed E-state index contributed by atoms with van der Waals surface area (Å²) >= 11 is 5.97. The summed E-state index contributed by atoms with van der Waals surface area (Å²) in [6.45, 7) is 6.64. The Morgan fingerprint density at radius 3 is 1.71 bits per heavy atom. The van der Waals surface area contributed by atoms with Gasteiger partial charge in [-0.25, -0.2) is 18.6 Å². The molecule has 0 aromatic carbocycles. The lowest BCUT2D eigenvalue weighted by Crippen LogP contribution is -2.68. The Hall–Kier alpha value is 0.830. The van der Waals surface area contributed by atoms with Crippen molar-refractivity contribution in [2.24, 2.45) is 0 Å². The van der Waals surface area contributed by atoms with E-state index in [-0.39, 0.29) is 4.08 Å². The second-order valence-electron chi connectivity index (χ2n) is 2.75. The lowest BCUT2D eigenvalue weighted by atomic mass is 10.8. The molecule has 0 radical (unpaired) electrons. The molecule has 1 rings (SSSR count). The van der Waals surface area contributed by atoms with Gasteiger partial charge >= 0.3 is 8.98 Å². The van der Waals surface area contributed by atoms with Crippen LogP contribution in [0.5, 0.6) is 0 Å². The molecule has 0 saturated carbocycles. The SMILES string of the molecule is CCSC1=[C+]C1(SCC)SCC.[O-][Cl+3]([O-])([O-])[O-]. The molecule has 100 valence electrons. The predicted octanol–water partition coefficient (Wildman–Crippen LogP) is -1.11. The first kappa shape index (κ1) is 17.8. The lowest BCUT2D eigenvalue weighted by molar-refractivity contribution is -2.00. The molecule has 1 aliphatic carbocycles. The van der Waals surface area contributed by atoms with Gasteiger partial charge in [0.2, 0.25) is 0 Å². The normalized spacial score (nSPS) is 16.5. The zero-order valence-electron chi connectivity index (χ0n) is 9.86. The van der Waals surface area contributed by atoms with Crippen LogP contribution in [-0.4, -0.2) is 21.3 Å². The van der Waals surface area contributed by atoms with Gasteiger partial charge in [0.05, 0.1) is 0 Å². The first-order valence-electron chi connectivity index (χ1n) is 4.97. The molecule has 0 N–H and O–H groups in total. The molecule has 0 heterocycles. The Balaban J connectivity index is 0.000000437. The van der Waals surface area contributed by atoms with Crippen molar-refractivity contribution in [3.05, 3.63) is 11.0 Å². The fraction of sp³-hybridized carbons (Fsp3) is 0.778. The highest BCUT2D eigenvalue weighted by atomic mass is 35.7. The molecule has 17 heavy (non-hydrogen) atoms. The highest BCUT2D eigenvalue weighted by molar-refractivity contribution is 8.21. The van der Waals surface area contributed by atoms with E-state index in [1.807, 2.05) is 35.3 Å².